The highest BCUT2D eigenvalue weighted by atomic mass is 32.2. The van der Waals surface area contributed by atoms with Gasteiger partial charge in [0.1, 0.15) is 10.6 Å². The third kappa shape index (κ3) is 4.76. The summed E-state index contributed by atoms with van der Waals surface area (Å²) in [6.07, 6.45) is 1.78. The Labute approximate surface area is 153 Å². The summed E-state index contributed by atoms with van der Waals surface area (Å²) >= 11 is 0. The van der Waals surface area contributed by atoms with Crippen molar-refractivity contribution in [3.63, 3.8) is 0 Å². The standard InChI is InChI=1S/C19H23NO5S/c1-4-5-10-25-17-11-13(2)14(3)12-18(17)26(23,24)20-16-8-6-15(7-9-16)19(21)22/h6-9,11-12,20H,4-5,10H2,1-3H3,(H,21,22). The fourth-order valence-corrected chi connectivity index (χ4v) is 3.57. The van der Waals surface area contributed by atoms with Crippen LogP contribution in [0.5, 0.6) is 5.75 Å². The van der Waals surface area contributed by atoms with E-state index >= 15 is 0 Å². The third-order valence-electron chi connectivity index (χ3n) is 3.99. The summed E-state index contributed by atoms with van der Waals surface area (Å²) in [5.41, 5.74) is 2.16. The van der Waals surface area contributed by atoms with Crippen LogP contribution >= 0.6 is 0 Å². The maximum absolute atomic E-state index is 12.8. The van der Waals surface area contributed by atoms with E-state index < -0.39 is 16.0 Å². The van der Waals surface area contributed by atoms with Gasteiger partial charge >= 0.3 is 5.97 Å². The third-order valence-corrected chi connectivity index (χ3v) is 5.39. The fourth-order valence-electron chi connectivity index (χ4n) is 2.30. The topological polar surface area (TPSA) is 92.7 Å². The van der Waals surface area contributed by atoms with E-state index in [9.17, 15) is 13.2 Å². The van der Waals surface area contributed by atoms with E-state index in [0.717, 1.165) is 24.0 Å². The molecule has 0 radical (unpaired) electrons. The molecule has 0 aliphatic carbocycles. The van der Waals surface area contributed by atoms with Crippen molar-refractivity contribution in [1.82, 2.24) is 0 Å². The molecule has 7 heteroatoms. The molecule has 2 rings (SSSR count). The molecule has 2 aromatic carbocycles. The first-order valence-corrected chi connectivity index (χ1v) is 9.83. The number of hydrogen-bond acceptors (Lipinski definition) is 4. The highest BCUT2D eigenvalue weighted by Crippen LogP contribution is 2.29. The number of aryl methyl sites for hydroxylation is 2. The number of sulfonamides is 1. The van der Waals surface area contributed by atoms with Gasteiger partial charge in [0.05, 0.1) is 12.2 Å². The molecular formula is C19H23NO5S. The van der Waals surface area contributed by atoms with Crippen LogP contribution < -0.4 is 9.46 Å². The van der Waals surface area contributed by atoms with Crippen molar-refractivity contribution in [2.45, 2.75) is 38.5 Å². The van der Waals surface area contributed by atoms with E-state index in [0.29, 0.717) is 12.4 Å². The molecule has 0 heterocycles. The van der Waals surface area contributed by atoms with E-state index in [-0.39, 0.29) is 16.1 Å². The lowest BCUT2D eigenvalue weighted by atomic mass is 10.1. The minimum absolute atomic E-state index is 0.0685. The molecule has 6 nitrogen and oxygen atoms in total. The van der Waals surface area contributed by atoms with Gasteiger partial charge in [0.2, 0.25) is 0 Å². The van der Waals surface area contributed by atoms with Gasteiger partial charge in [-0.1, -0.05) is 13.3 Å². The predicted octanol–water partition coefficient (Wildman–Crippen LogP) is 3.98. The summed E-state index contributed by atoms with van der Waals surface area (Å²) < 4.78 is 33.8. The summed E-state index contributed by atoms with van der Waals surface area (Å²) in [7, 11) is -3.88. The lowest BCUT2D eigenvalue weighted by molar-refractivity contribution is 0.0697. The zero-order valence-electron chi connectivity index (χ0n) is 15.1. The fraction of sp³-hybridized carbons (Fsp3) is 0.316. The van der Waals surface area contributed by atoms with Crippen LogP contribution in [-0.4, -0.2) is 26.1 Å². The van der Waals surface area contributed by atoms with E-state index in [1.54, 1.807) is 12.1 Å². The minimum atomic E-state index is -3.88. The molecule has 2 N–H and O–H groups in total. The quantitative estimate of drug-likeness (QED) is 0.679. The number of ether oxygens (including phenoxy) is 1. The SMILES string of the molecule is CCCCOc1cc(C)c(C)cc1S(=O)(=O)Nc1ccc(C(=O)O)cc1. The van der Waals surface area contributed by atoms with Crippen LogP contribution in [0.25, 0.3) is 0 Å². The van der Waals surface area contributed by atoms with Crippen molar-refractivity contribution in [1.29, 1.82) is 0 Å². The Morgan fingerprint density at radius 3 is 2.31 bits per heavy atom. The molecule has 0 atom stereocenters. The molecular weight excluding hydrogens is 354 g/mol. The molecule has 0 saturated carbocycles. The van der Waals surface area contributed by atoms with Crippen molar-refractivity contribution < 1.29 is 23.1 Å². The van der Waals surface area contributed by atoms with Crippen LogP contribution in [0.3, 0.4) is 0 Å². The summed E-state index contributed by atoms with van der Waals surface area (Å²) in [5.74, 6) is -0.753. The average molecular weight is 377 g/mol. The Kier molecular flexibility index (Phi) is 6.26. The number of nitrogens with one attached hydrogen (secondary N) is 1. The Balaban J connectivity index is 2.34. The van der Waals surface area contributed by atoms with Crippen LogP contribution in [0.4, 0.5) is 5.69 Å². The van der Waals surface area contributed by atoms with Gasteiger partial charge in [-0.15, -0.1) is 0 Å². The summed E-state index contributed by atoms with van der Waals surface area (Å²) in [4.78, 5) is 11.0. The number of carboxylic acid groups (broad SMARTS) is 1. The number of carboxylic acids is 1. The van der Waals surface area contributed by atoms with E-state index in [1.807, 2.05) is 20.8 Å². The number of rotatable bonds is 8. The molecule has 0 amide bonds. The molecule has 0 aromatic heterocycles. The molecule has 0 aliphatic heterocycles. The molecule has 0 fully saturated rings. The van der Waals surface area contributed by atoms with Crippen LogP contribution in [-0.2, 0) is 10.0 Å². The minimum Gasteiger partial charge on any atom is -0.492 e. The number of aromatic carboxylic acids is 1. The highest BCUT2D eigenvalue weighted by Gasteiger charge is 2.21. The van der Waals surface area contributed by atoms with Crippen molar-refractivity contribution in [3.8, 4) is 5.75 Å². The van der Waals surface area contributed by atoms with Gasteiger partial charge < -0.3 is 9.84 Å². The predicted molar refractivity (Wildman–Crippen MR) is 101 cm³/mol. The van der Waals surface area contributed by atoms with Crippen molar-refractivity contribution >= 4 is 21.7 Å². The Morgan fingerprint density at radius 1 is 1.12 bits per heavy atom. The van der Waals surface area contributed by atoms with Crippen LogP contribution in [0.2, 0.25) is 0 Å². The molecule has 0 unspecified atom stereocenters. The van der Waals surface area contributed by atoms with Crippen molar-refractivity contribution in [2.24, 2.45) is 0 Å². The first-order chi connectivity index (χ1) is 12.2. The molecule has 2 aromatic rings. The van der Waals surface area contributed by atoms with Gasteiger partial charge in [0.25, 0.3) is 10.0 Å². The van der Waals surface area contributed by atoms with Crippen LogP contribution in [0.1, 0.15) is 41.3 Å². The maximum Gasteiger partial charge on any atom is 0.335 e. The van der Waals surface area contributed by atoms with Crippen LogP contribution in [0.15, 0.2) is 41.3 Å². The Hall–Kier alpha value is -2.54. The van der Waals surface area contributed by atoms with Gasteiger partial charge in [0, 0.05) is 5.69 Å². The van der Waals surface area contributed by atoms with Crippen LogP contribution in [0, 0.1) is 13.8 Å². The zero-order chi connectivity index (χ0) is 19.3. The first-order valence-electron chi connectivity index (χ1n) is 8.35. The van der Waals surface area contributed by atoms with E-state index in [1.165, 1.54) is 24.3 Å². The van der Waals surface area contributed by atoms with Gasteiger partial charge in [-0.05, 0) is 67.8 Å². The number of carbonyl (C=O) groups is 1. The molecule has 0 spiro atoms. The van der Waals surface area contributed by atoms with Gasteiger partial charge in [-0.25, -0.2) is 13.2 Å². The first kappa shape index (κ1) is 19.8. The monoisotopic (exact) mass is 377 g/mol. The normalized spacial score (nSPS) is 11.2. The second kappa shape index (κ2) is 8.23. The Bertz CT molecular complexity index is 889. The molecule has 0 bridgehead atoms. The van der Waals surface area contributed by atoms with Gasteiger partial charge in [0.15, 0.2) is 0 Å². The Morgan fingerprint density at radius 2 is 1.73 bits per heavy atom. The molecule has 26 heavy (non-hydrogen) atoms. The molecule has 0 saturated heterocycles. The lowest BCUT2D eigenvalue weighted by Crippen LogP contribution is -2.15. The summed E-state index contributed by atoms with van der Waals surface area (Å²) in [6.45, 7) is 6.21. The molecule has 0 aliphatic rings. The van der Waals surface area contributed by atoms with E-state index in [4.69, 9.17) is 9.84 Å². The number of benzene rings is 2. The van der Waals surface area contributed by atoms with Crippen molar-refractivity contribution in [2.75, 3.05) is 11.3 Å². The maximum atomic E-state index is 12.8. The smallest absolute Gasteiger partial charge is 0.335 e. The zero-order valence-corrected chi connectivity index (χ0v) is 15.9. The second-order valence-electron chi connectivity index (χ2n) is 6.07. The summed E-state index contributed by atoms with van der Waals surface area (Å²) in [5, 5.41) is 8.93. The lowest BCUT2D eigenvalue weighted by Gasteiger charge is -2.15. The second-order valence-corrected chi connectivity index (χ2v) is 7.72. The molecule has 140 valence electrons. The highest BCUT2D eigenvalue weighted by molar-refractivity contribution is 7.92. The average Bonchev–Trinajstić information content (AvgIpc) is 2.58. The number of unbranched alkanes of at least 4 members (excludes halogenated alkanes) is 1. The van der Waals surface area contributed by atoms with Gasteiger partial charge in [-0.2, -0.15) is 0 Å². The van der Waals surface area contributed by atoms with E-state index in [2.05, 4.69) is 4.72 Å². The van der Waals surface area contributed by atoms with Gasteiger partial charge in [-0.3, -0.25) is 4.72 Å². The number of anilines is 1. The van der Waals surface area contributed by atoms with Crippen molar-refractivity contribution in [3.05, 3.63) is 53.1 Å². The number of hydrogen-bond donors (Lipinski definition) is 2. The summed E-state index contributed by atoms with van der Waals surface area (Å²) in [6, 6.07) is 8.84. The largest absolute Gasteiger partial charge is 0.492 e.